The highest BCUT2D eigenvalue weighted by Gasteiger charge is 2.39. The molecule has 1 aliphatic rings. The predicted molar refractivity (Wildman–Crippen MR) is 117 cm³/mol. The Morgan fingerprint density at radius 2 is 1.80 bits per heavy atom. The van der Waals surface area contributed by atoms with E-state index in [1.807, 2.05) is 6.07 Å². The third-order valence-corrected chi connectivity index (χ3v) is 6.07. The van der Waals surface area contributed by atoms with Gasteiger partial charge in [-0.05, 0) is 36.2 Å². The molecule has 0 fully saturated rings. The van der Waals surface area contributed by atoms with Crippen molar-refractivity contribution in [3.8, 4) is 11.5 Å². The van der Waals surface area contributed by atoms with Gasteiger partial charge in [0.05, 0.1) is 36.7 Å². The van der Waals surface area contributed by atoms with Gasteiger partial charge in [0.2, 0.25) is 0 Å². The van der Waals surface area contributed by atoms with Crippen molar-refractivity contribution >= 4 is 29.1 Å². The van der Waals surface area contributed by atoms with Crippen LogP contribution in [0.15, 0.2) is 45.9 Å². The quantitative estimate of drug-likeness (QED) is 0.374. The van der Waals surface area contributed by atoms with Gasteiger partial charge in [0, 0.05) is 6.54 Å². The van der Waals surface area contributed by atoms with E-state index in [2.05, 4.69) is 6.92 Å². The number of furan rings is 1. The summed E-state index contributed by atoms with van der Waals surface area (Å²) in [5.74, 6) is 1.81. The first-order valence-electron chi connectivity index (χ1n) is 10.1. The number of benzene rings is 1. The minimum absolute atomic E-state index is 0.238. The monoisotopic (exact) mass is 429 g/mol. The molecular formula is C23H27NO5S. The van der Waals surface area contributed by atoms with Crippen molar-refractivity contribution in [2.45, 2.75) is 38.4 Å². The van der Waals surface area contributed by atoms with Crippen molar-refractivity contribution < 1.29 is 23.5 Å². The van der Waals surface area contributed by atoms with E-state index >= 15 is 0 Å². The Hall–Kier alpha value is -2.67. The van der Waals surface area contributed by atoms with E-state index in [0.29, 0.717) is 39.8 Å². The van der Waals surface area contributed by atoms with Gasteiger partial charge in [-0.1, -0.05) is 32.3 Å². The van der Waals surface area contributed by atoms with Gasteiger partial charge in [-0.25, -0.2) is 0 Å². The molecule has 0 saturated heterocycles. The zero-order valence-corrected chi connectivity index (χ0v) is 18.4. The maximum absolute atomic E-state index is 13.2. The summed E-state index contributed by atoms with van der Waals surface area (Å²) < 4.78 is 16.1. The lowest BCUT2D eigenvalue weighted by molar-refractivity contribution is -0.136. The molecule has 0 radical (unpaired) electrons. The molecule has 3 rings (SSSR count). The number of thioether (sulfide) groups is 1. The van der Waals surface area contributed by atoms with Gasteiger partial charge in [0.1, 0.15) is 5.76 Å². The van der Waals surface area contributed by atoms with Crippen LogP contribution < -0.4 is 9.47 Å². The molecule has 30 heavy (non-hydrogen) atoms. The number of ether oxygens (including phenoxy) is 2. The molecule has 160 valence electrons. The Balaban J connectivity index is 1.92. The number of carbonyl (C=O) groups excluding carboxylic acids is 2. The van der Waals surface area contributed by atoms with Crippen molar-refractivity contribution in [2.24, 2.45) is 0 Å². The second-order valence-corrected chi connectivity index (χ2v) is 7.95. The number of rotatable bonds is 11. The van der Waals surface area contributed by atoms with Crippen molar-refractivity contribution in [3.63, 3.8) is 0 Å². The highest BCUT2D eigenvalue weighted by molar-refractivity contribution is 8.03. The summed E-state index contributed by atoms with van der Waals surface area (Å²) in [5.41, 5.74) is 1.05. The smallest absolute Gasteiger partial charge is 0.267 e. The third-order valence-electron chi connectivity index (χ3n) is 4.97. The van der Waals surface area contributed by atoms with Crippen molar-refractivity contribution in [2.75, 3.05) is 20.8 Å². The summed E-state index contributed by atoms with van der Waals surface area (Å²) in [7, 11) is 3.11. The Kier molecular flexibility index (Phi) is 7.63. The molecule has 0 bridgehead atoms. The number of unbranched alkanes of at least 4 members (excludes halogenated alkanes) is 3. The molecule has 0 spiro atoms. The summed E-state index contributed by atoms with van der Waals surface area (Å²) >= 11 is 1.33. The van der Waals surface area contributed by atoms with E-state index in [4.69, 9.17) is 13.9 Å². The molecule has 2 amide bonds. The lowest BCUT2D eigenvalue weighted by atomic mass is 10.1. The van der Waals surface area contributed by atoms with Crippen LogP contribution in [-0.4, -0.2) is 37.5 Å². The number of carbonyl (C=O) groups is 2. The van der Waals surface area contributed by atoms with E-state index in [1.54, 1.807) is 44.7 Å². The van der Waals surface area contributed by atoms with Crippen LogP contribution in [-0.2, 0) is 15.3 Å². The minimum Gasteiger partial charge on any atom is -0.493 e. The molecule has 0 unspecified atom stereocenters. The Labute approximate surface area is 181 Å². The topological polar surface area (TPSA) is 69.0 Å². The zero-order valence-electron chi connectivity index (χ0n) is 17.6. The van der Waals surface area contributed by atoms with Crippen LogP contribution in [0.25, 0.3) is 5.57 Å². The van der Waals surface area contributed by atoms with Crippen LogP contribution in [0.4, 0.5) is 0 Å². The van der Waals surface area contributed by atoms with E-state index in [0.717, 1.165) is 31.4 Å². The summed E-state index contributed by atoms with van der Waals surface area (Å²) in [4.78, 5) is 28.2. The fourth-order valence-corrected chi connectivity index (χ4v) is 4.41. The van der Waals surface area contributed by atoms with Gasteiger partial charge < -0.3 is 13.9 Å². The molecular weight excluding hydrogens is 402 g/mol. The Morgan fingerprint density at radius 3 is 2.47 bits per heavy atom. The molecule has 7 heteroatoms. The molecule has 1 aliphatic heterocycles. The number of nitrogens with zero attached hydrogens (tertiary/aromatic N) is 1. The largest absolute Gasteiger partial charge is 0.493 e. The minimum atomic E-state index is -0.259. The SMILES string of the molecule is CCCCCCN1C(=O)C(SCc2ccco2)=C(c2ccc(OC)c(OC)c2)C1=O. The molecule has 2 aromatic rings. The first-order chi connectivity index (χ1) is 14.6. The van der Waals surface area contributed by atoms with Gasteiger partial charge in [-0.2, -0.15) is 0 Å². The van der Waals surface area contributed by atoms with Crippen LogP contribution in [0.2, 0.25) is 0 Å². The predicted octanol–water partition coefficient (Wildman–Crippen LogP) is 4.89. The van der Waals surface area contributed by atoms with E-state index in [9.17, 15) is 9.59 Å². The number of methoxy groups -OCH3 is 2. The summed E-state index contributed by atoms with van der Waals surface area (Å²) in [5, 5.41) is 0. The number of imide groups is 1. The maximum atomic E-state index is 13.2. The average Bonchev–Trinajstić information content (AvgIpc) is 3.36. The standard InChI is InChI=1S/C23H27NO5S/c1-4-5-6-7-12-24-22(25)20(16-10-11-18(27-2)19(14-16)28-3)21(23(24)26)30-15-17-9-8-13-29-17/h8-11,13-14H,4-7,12,15H2,1-3H3. The van der Waals surface area contributed by atoms with Gasteiger partial charge >= 0.3 is 0 Å². The highest BCUT2D eigenvalue weighted by atomic mass is 32.2. The van der Waals surface area contributed by atoms with Crippen LogP contribution in [0.1, 0.15) is 43.9 Å². The van der Waals surface area contributed by atoms with Crippen molar-refractivity contribution in [1.82, 2.24) is 4.90 Å². The van der Waals surface area contributed by atoms with E-state index in [-0.39, 0.29) is 11.8 Å². The lowest BCUT2D eigenvalue weighted by Crippen LogP contribution is -2.32. The molecule has 6 nitrogen and oxygen atoms in total. The van der Waals surface area contributed by atoms with Crippen molar-refractivity contribution in [1.29, 1.82) is 0 Å². The van der Waals surface area contributed by atoms with Crippen LogP contribution >= 0.6 is 11.8 Å². The second kappa shape index (κ2) is 10.4. The van der Waals surface area contributed by atoms with Gasteiger partial charge in [0.15, 0.2) is 11.5 Å². The summed E-state index contributed by atoms with van der Waals surface area (Å²) in [6.45, 7) is 2.56. The van der Waals surface area contributed by atoms with Gasteiger partial charge in [-0.3, -0.25) is 14.5 Å². The molecule has 2 heterocycles. The average molecular weight is 430 g/mol. The molecule has 1 aromatic heterocycles. The first-order valence-corrected chi connectivity index (χ1v) is 11.1. The lowest BCUT2D eigenvalue weighted by Gasteiger charge is -2.15. The van der Waals surface area contributed by atoms with E-state index in [1.165, 1.54) is 16.7 Å². The normalized spacial score (nSPS) is 14.0. The second-order valence-electron chi connectivity index (χ2n) is 6.96. The van der Waals surface area contributed by atoms with Crippen LogP contribution in [0.5, 0.6) is 11.5 Å². The Bertz CT molecular complexity index is 920. The molecule has 0 aliphatic carbocycles. The highest BCUT2D eigenvalue weighted by Crippen LogP contribution is 2.40. The number of hydrogen-bond acceptors (Lipinski definition) is 6. The fourth-order valence-electron chi connectivity index (χ4n) is 3.37. The molecule has 1 aromatic carbocycles. The first kappa shape index (κ1) is 22.0. The fraction of sp³-hybridized carbons (Fsp3) is 0.391. The van der Waals surface area contributed by atoms with Crippen molar-refractivity contribution in [3.05, 3.63) is 52.8 Å². The summed E-state index contributed by atoms with van der Waals surface area (Å²) in [6, 6.07) is 8.94. The summed E-state index contributed by atoms with van der Waals surface area (Å²) in [6.07, 6.45) is 5.59. The number of hydrogen-bond donors (Lipinski definition) is 0. The van der Waals surface area contributed by atoms with E-state index < -0.39 is 0 Å². The Morgan fingerprint density at radius 1 is 1.00 bits per heavy atom. The third kappa shape index (κ3) is 4.73. The molecule has 0 saturated carbocycles. The zero-order chi connectivity index (χ0) is 21.5. The maximum Gasteiger partial charge on any atom is 0.267 e. The van der Waals surface area contributed by atoms with Crippen LogP contribution in [0.3, 0.4) is 0 Å². The molecule has 0 atom stereocenters. The van der Waals surface area contributed by atoms with Crippen LogP contribution in [0, 0.1) is 0 Å². The number of amides is 2. The van der Waals surface area contributed by atoms with Gasteiger partial charge in [-0.15, -0.1) is 11.8 Å². The molecule has 0 N–H and O–H groups in total. The van der Waals surface area contributed by atoms with Gasteiger partial charge in [0.25, 0.3) is 11.8 Å².